The van der Waals surface area contributed by atoms with E-state index < -0.39 is 0 Å². The van der Waals surface area contributed by atoms with Crippen LogP contribution in [-0.4, -0.2) is 24.0 Å². The highest BCUT2D eigenvalue weighted by Crippen LogP contribution is 2.41. The molecule has 0 saturated carbocycles. The van der Waals surface area contributed by atoms with Crippen LogP contribution in [0.15, 0.2) is 30.5 Å². The van der Waals surface area contributed by atoms with Gasteiger partial charge in [0.25, 0.3) is 0 Å². The number of ether oxygens (including phenoxy) is 3. The molecule has 2 heterocycles. The normalized spacial score (nSPS) is 12.5. The Morgan fingerprint density at radius 3 is 2.79 bits per heavy atom. The summed E-state index contributed by atoms with van der Waals surface area (Å²) in [4.78, 5) is 4.30. The van der Waals surface area contributed by atoms with Gasteiger partial charge in [-0.1, -0.05) is 0 Å². The molecule has 1 aliphatic rings. The average Bonchev–Trinajstić information content (AvgIpc) is 2.93. The summed E-state index contributed by atoms with van der Waals surface area (Å²) in [5, 5.41) is 9.19. The first-order chi connectivity index (χ1) is 9.31. The molecule has 0 amide bonds. The molecular formula is C14H13NO4. The Morgan fingerprint density at radius 1 is 1.26 bits per heavy atom. The predicted octanol–water partition coefficient (Wildman–Crippen LogP) is 1.98. The zero-order valence-electron chi connectivity index (χ0n) is 10.4. The second-order valence-corrected chi connectivity index (χ2v) is 4.11. The molecule has 0 radical (unpaired) electrons. The molecule has 19 heavy (non-hydrogen) atoms. The van der Waals surface area contributed by atoms with E-state index in [2.05, 4.69) is 4.98 Å². The van der Waals surface area contributed by atoms with Crippen molar-refractivity contribution in [2.45, 2.75) is 6.61 Å². The van der Waals surface area contributed by atoms with E-state index in [9.17, 15) is 5.11 Å². The van der Waals surface area contributed by atoms with Crippen LogP contribution in [0.1, 0.15) is 5.56 Å². The molecule has 0 aliphatic carbocycles. The van der Waals surface area contributed by atoms with Gasteiger partial charge in [0, 0.05) is 17.8 Å². The van der Waals surface area contributed by atoms with E-state index in [1.165, 1.54) is 0 Å². The molecule has 1 aromatic carbocycles. The quantitative estimate of drug-likeness (QED) is 0.913. The minimum absolute atomic E-state index is 0.0254. The number of rotatable bonds is 3. The third kappa shape index (κ3) is 2.08. The summed E-state index contributed by atoms with van der Waals surface area (Å²) in [6.45, 7) is 0.189. The van der Waals surface area contributed by atoms with E-state index in [0.29, 0.717) is 17.2 Å². The van der Waals surface area contributed by atoms with Crippen LogP contribution in [0, 0.1) is 0 Å². The number of hydrogen-bond donors (Lipinski definition) is 1. The van der Waals surface area contributed by atoms with E-state index in [1.54, 1.807) is 25.4 Å². The molecule has 5 heteroatoms. The standard InChI is InChI=1S/C14H13NO4/c1-17-12-6-14-13(18-8-19-14)5-10(12)11-4-9(7-16)2-3-15-11/h2-6,16H,7-8H2,1H3. The maximum atomic E-state index is 9.19. The Bertz CT molecular complexity index is 612. The Kier molecular flexibility index (Phi) is 2.97. The van der Waals surface area contributed by atoms with Crippen LogP contribution in [0.5, 0.6) is 17.2 Å². The molecule has 98 valence electrons. The van der Waals surface area contributed by atoms with Crippen molar-refractivity contribution in [3.8, 4) is 28.5 Å². The topological polar surface area (TPSA) is 60.8 Å². The predicted molar refractivity (Wildman–Crippen MR) is 68.3 cm³/mol. The van der Waals surface area contributed by atoms with Crippen molar-refractivity contribution in [2.24, 2.45) is 0 Å². The number of nitrogens with zero attached hydrogens (tertiary/aromatic N) is 1. The second kappa shape index (κ2) is 4.78. The highest BCUT2D eigenvalue weighted by atomic mass is 16.7. The van der Waals surface area contributed by atoms with Crippen LogP contribution in [0.25, 0.3) is 11.3 Å². The number of fused-ring (bicyclic) bond motifs is 1. The number of pyridine rings is 1. The highest BCUT2D eigenvalue weighted by Gasteiger charge is 2.19. The Hall–Kier alpha value is -2.27. The molecule has 0 spiro atoms. The molecule has 1 aliphatic heterocycles. The largest absolute Gasteiger partial charge is 0.496 e. The lowest BCUT2D eigenvalue weighted by Crippen LogP contribution is -1.93. The smallest absolute Gasteiger partial charge is 0.231 e. The van der Waals surface area contributed by atoms with Gasteiger partial charge in [0.1, 0.15) is 5.75 Å². The molecule has 0 fully saturated rings. The van der Waals surface area contributed by atoms with E-state index >= 15 is 0 Å². The summed E-state index contributed by atoms with van der Waals surface area (Å²) in [5.74, 6) is 2.00. The first-order valence-corrected chi connectivity index (χ1v) is 5.85. The summed E-state index contributed by atoms with van der Waals surface area (Å²) >= 11 is 0. The number of hydrogen-bond acceptors (Lipinski definition) is 5. The zero-order chi connectivity index (χ0) is 13.2. The van der Waals surface area contributed by atoms with Crippen molar-refractivity contribution in [3.63, 3.8) is 0 Å². The molecule has 0 atom stereocenters. The Labute approximate surface area is 110 Å². The molecule has 0 unspecified atom stereocenters. The molecule has 0 bridgehead atoms. The van der Waals surface area contributed by atoms with Crippen molar-refractivity contribution in [2.75, 3.05) is 13.9 Å². The molecule has 2 aromatic rings. The second-order valence-electron chi connectivity index (χ2n) is 4.11. The van der Waals surface area contributed by atoms with Crippen LogP contribution in [0.2, 0.25) is 0 Å². The van der Waals surface area contributed by atoms with Gasteiger partial charge in [-0.3, -0.25) is 4.98 Å². The van der Waals surface area contributed by atoms with E-state index in [1.807, 2.05) is 12.1 Å². The van der Waals surface area contributed by atoms with Gasteiger partial charge in [0.05, 0.1) is 19.4 Å². The number of aromatic nitrogens is 1. The maximum absolute atomic E-state index is 9.19. The Balaban J connectivity index is 2.12. The fourth-order valence-corrected chi connectivity index (χ4v) is 2.01. The van der Waals surface area contributed by atoms with Gasteiger partial charge >= 0.3 is 0 Å². The minimum Gasteiger partial charge on any atom is -0.496 e. The van der Waals surface area contributed by atoms with Gasteiger partial charge in [-0.05, 0) is 23.8 Å². The number of benzene rings is 1. The average molecular weight is 259 g/mol. The lowest BCUT2D eigenvalue weighted by molar-refractivity contribution is 0.174. The van der Waals surface area contributed by atoms with Crippen molar-refractivity contribution in [1.29, 1.82) is 0 Å². The van der Waals surface area contributed by atoms with Crippen LogP contribution < -0.4 is 14.2 Å². The molecule has 1 aromatic heterocycles. The van der Waals surface area contributed by atoms with Crippen molar-refractivity contribution in [3.05, 3.63) is 36.0 Å². The molecular weight excluding hydrogens is 246 g/mol. The van der Waals surface area contributed by atoms with Crippen LogP contribution in [-0.2, 0) is 6.61 Å². The van der Waals surface area contributed by atoms with Gasteiger partial charge in [-0.2, -0.15) is 0 Å². The fourth-order valence-electron chi connectivity index (χ4n) is 2.01. The summed E-state index contributed by atoms with van der Waals surface area (Å²) in [6.07, 6.45) is 1.66. The summed E-state index contributed by atoms with van der Waals surface area (Å²) in [6, 6.07) is 7.21. The SMILES string of the molecule is COc1cc2c(cc1-c1cc(CO)ccn1)OCO2. The molecule has 3 rings (SSSR count). The van der Waals surface area contributed by atoms with Crippen LogP contribution in [0.3, 0.4) is 0 Å². The summed E-state index contributed by atoms with van der Waals surface area (Å²) in [5.41, 5.74) is 2.33. The summed E-state index contributed by atoms with van der Waals surface area (Å²) in [7, 11) is 1.59. The number of methoxy groups -OCH3 is 1. The Morgan fingerprint density at radius 2 is 2.05 bits per heavy atom. The van der Waals surface area contributed by atoms with Gasteiger partial charge in [0.15, 0.2) is 11.5 Å². The van der Waals surface area contributed by atoms with E-state index in [-0.39, 0.29) is 13.4 Å². The molecule has 0 saturated heterocycles. The monoisotopic (exact) mass is 259 g/mol. The molecule has 1 N–H and O–H groups in total. The summed E-state index contributed by atoms with van der Waals surface area (Å²) < 4.78 is 16.0. The van der Waals surface area contributed by atoms with Gasteiger partial charge in [-0.15, -0.1) is 0 Å². The van der Waals surface area contributed by atoms with E-state index in [4.69, 9.17) is 14.2 Å². The third-order valence-corrected chi connectivity index (χ3v) is 2.98. The van der Waals surface area contributed by atoms with Gasteiger partial charge < -0.3 is 19.3 Å². The van der Waals surface area contributed by atoms with Crippen molar-refractivity contribution < 1.29 is 19.3 Å². The highest BCUT2D eigenvalue weighted by molar-refractivity contribution is 5.72. The van der Waals surface area contributed by atoms with Gasteiger partial charge in [0.2, 0.25) is 6.79 Å². The van der Waals surface area contributed by atoms with Crippen LogP contribution in [0.4, 0.5) is 0 Å². The van der Waals surface area contributed by atoms with Crippen molar-refractivity contribution >= 4 is 0 Å². The molecule has 5 nitrogen and oxygen atoms in total. The minimum atomic E-state index is -0.0254. The first-order valence-electron chi connectivity index (χ1n) is 5.85. The van der Waals surface area contributed by atoms with E-state index in [0.717, 1.165) is 16.8 Å². The van der Waals surface area contributed by atoms with Crippen molar-refractivity contribution in [1.82, 2.24) is 4.98 Å². The first kappa shape index (κ1) is 11.8. The van der Waals surface area contributed by atoms with Crippen LogP contribution >= 0.6 is 0 Å². The number of aliphatic hydroxyl groups excluding tert-OH is 1. The maximum Gasteiger partial charge on any atom is 0.231 e. The lowest BCUT2D eigenvalue weighted by atomic mass is 10.1. The zero-order valence-corrected chi connectivity index (χ0v) is 10.4. The number of aliphatic hydroxyl groups is 1. The fraction of sp³-hybridized carbons (Fsp3) is 0.214. The lowest BCUT2D eigenvalue weighted by Gasteiger charge is -2.10. The van der Waals surface area contributed by atoms with Gasteiger partial charge in [-0.25, -0.2) is 0 Å². The third-order valence-electron chi connectivity index (χ3n) is 2.98.